The van der Waals surface area contributed by atoms with Crippen molar-refractivity contribution in [1.29, 1.82) is 0 Å². The van der Waals surface area contributed by atoms with Crippen LogP contribution in [-0.4, -0.2) is 44.7 Å². The zero-order valence-electron chi connectivity index (χ0n) is 15.6. The summed E-state index contributed by atoms with van der Waals surface area (Å²) in [6.45, 7) is 9.99. The van der Waals surface area contributed by atoms with Crippen LogP contribution in [0.5, 0.6) is 0 Å². The molecule has 0 bridgehead atoms. The van der Waals surface area contributed by atoms with Gasteiger partial charge in [-0.2, -0.15) is 0 Å². The van der Waals surface area contributed by atoms with Crippen LogP contribution >= 0.6 is 23.1 Å². The molecule has 1 heterocycles. The Labute approximate surface area is 162 Å². The molecule has 1 aromatic heterocycles. The molecule has 8 heteroatoms. The maximum atomic E-state index is 12.4. The van der Waals surface area contributed by atoms with Crippen molar-refractivity contribution in [3.63, 3.8) is 0 Å². The van der Waals surface area contributed by atoms with Gasteiger partial charge in [-0.15, -0.1) is 10.2 Å². The number of thioether (sulfide) groups is 1. The molecule has 140 valence electrons. The summed E-state index contributed by atoms with van der Waals surface area (Å²) in [5.74, 6) is 0.150. The minimum atomic E-state index is -0.223. The molecule has 0 spiro atoms. The lowest BCUT2D eigenvalue weighted by molar-refractivity contribution is -0.131. The molecule has 1 aromatic carbocycles. The normalized spacial score (nSPS) is 11.0. The van der Waals surface area contributed by atoms with Crippen LogP contribution in [0.4, 0.5) is 5.13 Å². The molecule has 2 aromatic rings. The molecule has 0 saturated carbocycles. The van der Waals surface area contributed by atoms with Gasteiger partial charge in [0.25, 0.3) is 5.91 Å². The van der Waals surface area contributed by atoms with Crippen molar-refractivity contribution >= 4 is 40.0 Å². The number of nitrogens with one attached hydrogen (secondary N) is 1. The highest BCUT2D eigenvalue weighted by molar-refractivity contribution is 8.01. The summed E-state index contributed by atoms with van der Waals surface area (Å²) in [6, 6.07) is 7.62. The molecular formula is C18H24N4O2S2. The quantitative estimate of drug-likeness (QED) is 0.572. The monoisotopic (exact) mass is 392 g/mol. The molecule has 0 aliphatic rings. The molecule has 1 N–H and O–H groups in total. The SMILES string of the molecule is Cc1ccc(C(=O)Nc2nnc(SCC(=O)N(C(C)C)C(C)C)s2)cc1. The van der Waals surface area contributed by atoms with Crippen LogP contribution < -0.4 is 5.32 Å². The molecule has 0 fully saturated rings. The van der Waals surface area contributed by atoms with Crippen LogP contribution in [-0.2, 0) is 4.79 Å². The highest BCUT2D eigenvalue weighted by Gasteiger charge is 2.20. The van der Waals surface area contributed by atoms with Crippen LogP contribution in [0.15, 0.2) is 28.6 Å². The highest BCUT2D eigenvalue weighted by atomic mass is 32.2. The van der Waals surface area contributed by atoms with Crippen molar-refractivity contribution in [2.75, 3.05) is 11.1 Å². The van der Waals surface area contributed by atoms with E-state index in [-0.39, 0.29) is 23.9 Å². The second-order valence-electron chi connectivity index (χ2n) is 6.47. The summed E-state index contributed by atoms with van der Waals surface area (Å²) < 4.78 is 0.657. The summed E-state index contributed by atoms with van der Waals surface area (Å²) in [7, 11) is 0. The minimum Gasteiger partial charge on any atom is -0.337 e. The lowest BCUT2D eigenvalue weighted by Gasteiger charge is -2.30. The Bertz CT molecular complexity index is 749. The maximum absolute atomic E-state index is 12.4. The number of hydrogen-bond donors (Lipinski definition) is 1. The molecule has 26 heavy (non-hydrogen) atoms. The van der Waals surface area contributed by atoms with Crippen molar-refractivity contribution < 1.29 is 9.59 Å². The van der Waals surface area contributed by atoms with Gasteiger partial charge in [0, 0.05) is 17.6 Å². The zero-order valence-corrected chi connectivity index (χ0v) is 17.3. The molecule has 2 rings (SSSR count). The Morgan fingerprint density at radius 1 is 1.12 bits per heavy atom. The number of nitrogens with zero attached hydrogens (tertiary/aromatic N) is 3. The van der Waals surface area contributed by atoms with E-state index >= 15 is 0 Å². The number of amides is 2. The number of aryl methyl sites for hydroxylation is 1. The van der Waals surface area contributed by atoms with Crippen LogP contribution in [0.2, 0.25) is 0 Å². The van der Waals surface area contributed by atoms with E-state index in [1.807, 2.05) is 51.7 Å². The van der Waals surface area contributed by atoms with Gasteiger partial charge in [0.05, 0.1) is 5.75 Å². The van der Waals surface area contributed by atoms with E-state index in [4.69, 9.17) is 0 Å². The summed E-state index contributed by atoms with van der Waals surface area (Å²) in [6.07, 6.45) is 0. The number of hydrogen-bond acceptors (Lipinski definition) is 6. The number of rotatable bonds is 7. The summed E-state index contributed by atoms with van der Waals surface area (Å²) >= 11 is 2.61. The molecule has 6 nitrogen and oxygen atoms in total. The van der Waals surface area contributed by atoms with E-state index in [0.717, 1.165) is 5.56 Å². The number of aromatic nitrogens is 2. The lowest BCUT2D eigenvalue weighted by Crippen LogP contribution is -2.43. The molecule has 0 atom stereocenters. The molecule has 0 aliphatic carbocycles. The smallest absolute Gasteiger partial charge is 0.257 e. The predicted octanol–water partition coefficient (Wildman–Crippen LogP) is 3.84. The number of benzene rings is 1. The second kappa shape index (κ2) is 9.14. The van der Waals surface area contributed by atoms with E-state index in [2.05, 4.69) is 15.5 Å². The van der Waals surface area contributed by atoms with Crippen LogP contribution in [0.25, 0.3) is 0 Å². The summed E-state index contributed by atoms with van der Waals surface area (Å²) in [4.78, 5) is 26.4. The first kappa shape index (κ1) is 20.4. The minimum absolute atomic E-state index is 0.0699. The zero-order chi connectivity index (χ0) is 19.3. The molecule has 0 saturated heterocycles. The van der Waals surface area contributed by atoms with E-state index < -0.39 is 0 Å². The number of carbonyl (C=O) groups is 2. The van der Waals surface area contributed by atoms with Gasteiger partial charge in [-0.3, -0.25) is 14.9 Å². The Balaban J connectivity index is 1.92. The van der Waals surface area contributed by atoms with Gasteiger partial charge in [-0.05, 0) is 46.8 Å². The van der Waals surface area contributed by atoms with E-state index in [1.54, 1.807) is 12.1 Å². The van der Waals surface area contributed by atoms with Crippen molar-refractivity contribution in [3.05, 3.63) is 35.4 Å². The fourth-order valence-electron chi connectivity index (χ4n) is 2.56. The third kappa shape index (κ3) is 5.54. The first-order valence-corrected chi connectivity index (χ1v) is 10.2. The summed E-state index contributed by atoms with van der Waals surface area (Å²) in [5, 5.41) is 11.2. The van der Waals surface area contributed by atoms with Gasteiger partial charge >= 0.3 is 0 Å². The third-order valence-electron chi connectivity index (χ3n) is 3.66. The first-order valence-electron chi connectivity index (χ1n) is 8.43. The Hall–Kier alpha value is -1.93. The van der Waals surface area contributed by atoms with Gasteiger partial charge in [0.15, 0.2) is 4.34 Å². The number of carbonyl (C=O) groups excluding carboxylic acids is 2. The van der Waals surface area contributed by atoms with Crippen LogP contribution in [0, 0.1) is 6.92 Å². The standard InChI is InChI=1S/C18H24N4O2S2/c1-11(2)22(12(3)4)15(23)10-25-18-21-20-17(26-18)19-16(24)14-8-6-13(5)7-9-14/h6-9,11-12H,10H2,1-5H3,(H,19,20,24). The average molecular weight is 393 g/mol. The predicted molar refractivity (Wildman–Crippen MR) is 107 cm³/mol. The summed E-state index contributed by atoms with van der Waals surface area (Å²) in [5.41, 5.74) is 1.66. The van der Waals surface area contributed by atoms with E-state index in [9.17, 15) is 9.59 Å². The van der Waals surface area contributed by atoms with Crippen LogP contribution in [0.3, 0.4) is 0 Å². The van der Waals surface area contributed by atoms with Gasteiger partial charge in [0.2, 0.25) is 11.0 Å². The Morgan fingerprint density at radius 2 is 1.73 bits per heavy atom. The van der Waals surface area contributed by atoms with Gasteiger partial charge in [-0.25, -0.2) is 0 Å². The molecular weight excluding hydrogens is 368 g/mol. The molecule has 2 amide bonds. The van der Waals surface area contributed by atoms with Crippen LogP contribution in [0.1, 0.15) is 43.6 Å². The average Bonchev–Trinajstić information content (AvgIpc) is 3.00. The fraction of sp³-hybridized carbons (Fsp3) is 0.444. The van der Waals surface area contributed by atoms with Gasteiger partial charge in [0.1, 0.15) is 0 Å². The van der Waals surface area contributed by atoms with E-state index in [0.29, 0.717) is 20.8 Å². The van der Waals surface area contributed by atoms with Crippen molar-refractivity contribution in [2.24, 2.45) is 0 Å². The molecule has 0 aliphatic heterocycles. The fourth-order valence-corrected chi connectivity index (χ4v) is 4.18. The van der Waals surface area contributed by atoms with Crippen molar-refractivity contribution in [3.8, 4) is 0 Å². The number of anilines is 1. The van der Waals surface area contributed by atoms with Crippen molar-refractivity contribution in [2.45, 2.75) is 51.0 Å². The van der Waals surface area contributed by atoms with E-state index in [1.165, 1.54) is 23.1 Å². The second-order valence-corrected chi connectivity index (χ2v) is 8.67. The topological polar surface area (TPSA) is 75.2 Å². The largest absolute Gasteiger partial charge is 0.337 e. The molecule has 0 radical (unpaired) electrons. The van der Waals surface area contributed by atoms with Gasteiger partial charge in [-0.1, -0.05) is 40.8 Å². The third-order valence-corrected chi connectivity index (χ3v) is 5.62. The highest BCUT2D eigenvalue weighted by Crippen LogP contribution is 2.26. The Kier molecular flexibility index (Phi) is 7.16. The first-order chi connectivity index (χ1) is 12.3. The maximum Gasteiger partial charge on any atom is 0.257 e. The molecule has 0 unspecified atom stereocenters. The van der Waals surface area contributed by atoms with Crippen molar-refractivity contribution in [1.82, 2.24) is 15.1 Å². The lowest BCUT2D eigenvalue weighted by atomic mass is 10.1. The van der Waals surface area contributed by atoms with Gasteiger partial charge < -0.3 is 4.90 Å². The Morgan fingerprint density at radius 3 is 2.31 bits per heavy atom.